The second kappa shape index (κ2) is 8.74. The standard InChI is InChI=1S/C23H26N4OS/c1-18-7-9-20(10-8-18)25-12-4-13-26(16-15-25)22(28)19-5-3-6-21(17-19)27-14-11-24-23(27)29-2/h3,5-11,14,17H,4,12-13,15-16H2,1-2H3. The zero-order chi connectivity index (χ0) is 20.2. The zero-order valence-corrected chi connectivity index (χ0v) is 17.7. The number of carbonyl (C=O) groups excluding carboxylic acids is 1. The van der Waals surface area contributed by atoms with Crippen LogP contribution in [0.25, 0.3) is 5.69 Å². The molecule has 5 nitrogen and oxygen atoms in total. The Labute approximate surface area is 176 Å². The van der Waals surface area contributed by atoms with E-state index in [1.165, 1.54) is 11.3 Å². The van der Waals surface area contributed by atoms with Crippen molar-refractivity contribution < 1.29 is 4.79 Å². The molecule has 0 unspecified atom stereocenters. The highest BCUT2D eigenvalue weighted by molar-refractivity contribution is 7.98. The quantitative estimate of drug-likeness (QED) is 0.607. The Morgan fingerprint density at radius 3 is 2.62 bits per heavy atom. The van der Waals surface area contributed by atoms with Gasteiger partial charge in [-0.05, 0) is 49.9 Å². The Balaban J connectivity index is 1.48. The molecule has 1 fully saturated rings. The molecular weight excluding hydrogens is 380 g/mol. The van der Waals surface area contributed by atoms with Gasteiger partial charge in [-0.2, -0.15) is 0 Å². The van der Waals surface area contributed by atoms with E-state index in [0.717, 1.165) is 49.0 Å². The van der Waals surface area contributed by atoms with Crippen molar-refractivity contribution in [2.45, 2.75) is 18.5 Å². The summed E-state index contributed by atoms with van der Waals surface area (Å²) < 4.78 is 2.02. The smallest absolute Gasteiger partial charge is 0.253 e. The van der Waals surface area contributed by atoms with Crippen LogP contribution in [-0.4, -0.2) is 52.8 Å². The molecule has 29 heavy (non-hydrogen) atoms. The largest absolute Gasteiger partial charge is 0.370 e. The van der Waals surface area contributed by atoms with Crippen LogP contribution in [0.1, 0.15) is 22.3 Å². The third-order valence-corrected chi connectivity index (χ3v) is 6.01. The molecule has 0 saturated carbocycles. The molecule has 1 aromatic heterocycles. The van der Waals surface area contributed by atoms with Gasteiger partial charge in [-0.3, -0.25) is 9.36 Å². The summed E-state index contributed by atoms with van der Waals surface area (Å²) in [5.74, 6) is 0.100. The van der Waals surface area contributed by atoms with Crippen LogP contribution in [-0.2, 0) is 0 Å². The number of amides is 1. The average molecular weight is 407 g/mol. The molecule has 6 heteroatoms. The van der Waals surface area contributed by atoms with Crippen molar-refractivity contribution in [3.05, 3.63) is 72.1 Å². The van der Waals surface area contributed by atoms with Gasteiger partial charge in [0.05, 0.1) is 0 Å². The van der Waals surface area contributed by atoms with Gasteiger partial charge in [-0.1, -0.05) is 35.5 Å². The normalized spacial score (nSPS) is 14.7. The summed E-state index contributed by atoms with van der Waals surface area (Å²) >= 11 is 1.59. The van der Waals surface area contributed by atoms with Crippen LogP contribution < -0.4 is 4.90 Å². The van der Waals surface area contributed by atoms with E-state index in [2.05, 4.69) is 41.1 Å². The summed E-state index contributed by atoms with van der Waals surface area (Å²) in [6.07, 6.45) is 6.69. The number of benzene rings is 2. The number of hydrogen-bond donors (Lipinski definition) is 0. The van der Waals surface area contributed by atoms with Crippen LogP contribution >= 0.6 is 11.8 Å². The molecular formula is C23H26N4OS. The highest BCUT2D eigenvalue weighted by atomic mass is 32.2. The number of nitrogens with zero attached hydrogens (tertiary/aromatic N) is 4. The van der Waals surface area contributed by atoms with Crippen molar-refractivity contribution in [2.24, 2.45) is 0 Å². The van der Waals surface area contributed by atoms with Crippen LogP contribution in [0.5, 0.6) is 0 Å². The first-order valence-electron chi connectivity index (χ1n) is 9.94. The number of carbonyl (C=O) groups is 1. The molecule has 0 spiro atoms. The third kappa shape index (κ3) is 4.32. The Hall–Kier alpha value is -2.73. The Morgan fingerprint density at radius 2 is 1.83 bits per heavy atom. The van der Waals surface area contributed by atoms with E-state index < -0.39 is 0 Å². The van der Waals surface area contributed by atoms with Gasteiger partial charge < -0.3 is 9.80 Å². The fourth-order valence-electron chi connectivity index (χ4n) is 3.74. The molecule has 2 aromatic carbocycles. The zero-order valence-electron chi connectivity index (χ0n) is 16.9. The van der Waals surface area contributed by atoms with Gasteiger partial charge in [0, 0.05) is 55.5 Å². The molecule has 2 heterocycles. The summed E-state index contributed by atoms with van der Waals surface area (Å²) in [6.45, 7) is 5.45. The number of hydrogen-bond acceptors (Lipinski definition) is 4. The molecule has 1 amide bonds. The first-order valence-corrected chi connectivity index (χ1v) is 11.2. The van der Waals surface area contributed by atoms with Crippen LogP contribution in [0.15, 0.2) is 66.1 Å². The van der Waals surface area contributed by atoms with Gasteiger partial charge in [-0.25, -0.2) is 4.98 Å². The average Bonchev–Trinajstić information content (AvgIpc) is 3.11. The van der Waals surface area contributed by atoms with E-state index in [-0.39, 0.29) is 5.91 Å². The summed E-state index contributed by atoms with van der Waals surface area (Å²) in [6, 6.07) is 16.5. The van der Waals surface area contributed by atoms with Gasteiger partial charge in [-0.15, -0.1) is 0 Å². The van der Waals surface area contributed by atoms with Crippen LogP contribution in [0.2, 0.25) is 0 Å². The number of anilines is 1. The van der Waals surface area contributed by atoms with Gasteiger partial charge in [0.1, 0.15) is 0 Å². The van der Waals surface area contributed by atoms with Crippen molar-refractivity contribution >= 4 is 23.4 Å². The first kappa shape index (κ1) is 19.6. The second-order valence-corrected chi connectivity index (χ2v) is 8.08. The monoisotopic (exact) mass is 406 g/mol. The lowest BCUT2D eigenvalue weighted by Crippen LogP contribution is -2.35. The number of rotatable bonds is 4. The van der Waals surface area contributed by atoms with E-state index in [1.807, 2.05) is 46.2 Å². The fraction of sp³-hybridized carbons (Fsp3) is 0.304. The lowest BCUT2D eigenvalue weighted by Gasteiger charge is -2.24. The maximum atomic E-state index is 13.2. The van der Waals surface area contributed by atoms with Crippen molar-refractivity contribution in [3.63, 3.8) is 0 Å². The first-order chi connectivity index (χ1) is 14.2. The lowest BCUT2D eigenvalue weighted by atomic mass is 10.1. The van der Waals surface area contributed by atoms with Crippen LogP contribution in [0, 0.1) is 6.92 Å². The van der Waals surface area contributed by atoms with Gasteiger partial charge in [0.15, 0.2) is 5.16 Å². The Bertz CT molecular complexity index is 983. The molecule has 0 N–H and O–H groups in total. The second-order valence-electron chi connectivity index (χ2n) is 7.30. The molecule has 0 aliphatic carbocycles. The number of thioether (sulfide) groups is 1. The summed E-state index contributed by atoms with van der Waals surface area (Å²) in [5.41, 5.74) is 4.19. The molecule has 3 aromatic rings. The van der Waals surface area contributed by atoms with Crippen molar-refractivity contribution in [1.82, 2.24) is 14.5 Å². The van der Waals surface area contributed by atoms with Gasteiger partial charge in [0.2, 0.25) is 0 Å². The highest BCUT2D eigenvalue weighted by Gasteiger charge is 2.21. The molecule has 1 saturated heterocycles. The van der Waals surface area contributed by atoms with E-state index >= 15 is 0 Å². The Kier molecular flexibility index (Phi) is 5.90. The minimum Gasteiger partial charge on any atom is -0.370 e. The molecule has 4 rings (SSSR count). The summed E-state index contributed by atoms with van der Waals surface area (Å²) in [4.78, 5) is 21.9. The van der Waals surface area contributed by atoms with Crippen molar-refractivity contribution in [2.75, 3.05) is 37.3 Å². The van der Waals surface area contributed by atoms with Crippen molar-refractivity contribution in [3.8, 4) is 5.69 Å². The van der Waals surface area contributed by atoms with E-state index in [9.17, 15) is 4.79 Å². The number of imidazole rings is 1. The van der Waals surface area contributed by atoms with E-state index in [0.29, 0.717) is 0 Å². The minimum atomic E-state index is 0.100. The minimum absolute atomic E-state index is 0.100. The Morgan fingerprint density at radius 1 is 1.00 bits per heavy atom. The molecule has 1 aliphatic heterocycles. The topological polar surface area (TPSA) is 41.4 Å². The van der Waals surface area contributed by atoms with E-state index in [1.54, 1.807) is 18.0 Å². The molecule has 0 radical (unpaired) electrons. The predicted molar refractivity (Wildman–Crippen MR) is 119 cm³/mol. The van der Waals surface area contributed by atoms with Crippen molar-refractivity contribution in [1.29, 1.82) is 0 Å². The SMILES string of the molecule is CSc1nccn1-c1cccc(C(=O)N2CCCN(c3ccc(C)cc3)CC2)c1. The third-order valence-electron chi connectivity index (χ3n) is 5.34. The number of aromatic nitrogens is 2. The molecule has 150 valence electrons. The van der Waals surface area contributed by atoms with Gasteiger partial charge in [0.25, 0.3) is 5.91 Å². The summed E-state index contributed by atoms with van der Waals surface area (Å²) in [5, 5.41) is 0.915. The fourth-order valence-corrected chi connectivity index (χ4v) is 4.27. The molecule has 1 aliphatic rings. The van der Waals surface area contributed by atoms with E-state index in [4.69, 9.17) is 0 Å². The molecule has 0 bridgehead atoms. The maximum absolute atomic E-state index is 13.2. The number of aryl methyl sites for hydroxylation is 1. The maximum Gasteiger partial charge on any atom is 0.253 e. The van der Waals surface area contributed by atoms with Crippen LogP contribution in [0.4, 0.5) is 5.69 Å². The van der Waals surface area contributed by atoms with Gasteiger partial charge >= 0.3 is 0 Å². The lowest BCUT2D eigenvalue weighted by molar-refractivity contribution is 0.0767. The summed E-state index contributed by atoms with van der Waals surface area (Å²) in [7, 11) is 0. The predicted octanol–water partition coefficient (Wildman–Crippen LogP) is 4.26. The highest BCUT2D eigenvalue weighted by Crippen LogP contribution is 2.21. The molecule has 0 atom stereocenters. The van der Waals surface area contributed by atoms with Crippen LogP contribution in [0.3, 0.4) is 0 Å².